The molecule has 0 aromatic carbocycles. The molecule has 0 spiro atoms. The second kappa shape index (κ2) is 6.53. The van der Waals surface area contributed by atoms with Gasteiger partial charge in [0.15, 0.2) is 0 Å². The summed E-state index contributed by atoms with van der Waals surface area (Å²) in [5.74, 6) is 0.550. The van der Waals surface area contributed by atoms with E-state index in [4.69, 9.17) is 4.74 Å². The van der Waals surface area contributed by atoms with E-state index >= 15 is 0 Å². The summed E-state index contributed by atoms with van der Waals surface area (Å²) < 4.78 is 5.41. The van der Waals surface area contributed by atoms with E-state index in [1.807, 2.05) is 6.92 Å². The van der Waals surface area contributed by atoms with Gasteiger partial charge in [-0.1, -0.05) is 13.8 Å². The average Bonchev–Trinajstić information content (AvgIpc) is 2.31. The molecule has 1 aliphatic heterocycles. The molecular formula is C14H28N2O2. The van der Waals surface area contributed by atoms with Gasteiger partial charge >= 0.3 is 0 Å². The van der Waals surface area contributed by atoms with Crippen molar-refractivity contribution in [1.82, 2.24) is 10.6 Å². The van der Waals surface area contributed by atoms with Gasteiger partial charge in [0, 0.05) is 18.2 Å². The van der Waals surface area contributed by atoms with Crippen LogP contribution < -0.4 is 10.6 Å². The van der Waals surface area contributed by atoms with Crippen LogP contribution in [0.5, 0.6) is 0 Å². The molecule has 2 N–H and O–H groups in total. The summed E-state index contributed by atoms with van der Waals surface area (Å²) in [6.07, 6.45) is 1.91. The van der Waals surface area contributed by atoms with E-state index in [1.54, 1.807) is 0 Å². The molecule has 106 valence electrons. The van der Waals surface area contributed by atoms with Gasteiger partial charge in [-0.15, -0.1) is 0 Å². The van der Waals surface area contributed by atoms with Crippen LogP contribution in [0.15, 0.2) is 0 Å². The lowest BCUT2D eigenvalue weighted by molar-refractivity contribution is -0.125. The minimum absolute atomic E-state index is 0.0838. The van der Waals surface area contributed by atoms with Crippen LogP contribution in [0.1, 0.15) is 47.5 Å². The first kappa shape index (κ1) is 15.4. The monoisotopic (exact) mass is 256 g/mol. The second-order valence-corrected chi connectivity index (χ2v) is 6.06. The number of rotatable bonds is 5. The summed E-state index contributed by atoms with van der Waals surface area (Å²) in [4.78, 5) is 12.1. The van der Waals surface area contributed by atoms with Crippen LogP contribution in [0.25, 0.3) is 0 Å². The van der Waals surface area contributed by atoms with Crippen molar-refractivity contribution in [3.63, 3.8) is 0 Å². The van der Waals surface area contributed by atoms with Crippen LogP contribution in [-0.4, -0.2) is 36.7 Å². The topological polar surface area (TPSA) is 50.4 Å². The van der Waals surface area contributed by atoms with Gasteiger partial charge < -0.3 is 15.4 Å². The van der Waals surface area contributed by atoms with Gasteiger partial charge in [0.2, 0.25) is 5.91 Å². The second-order valence-electron chi connectivity index (χ2n) is 6.06. The summed E-state index contributed by atoms with van der Waals surface area (Å²) in [6, 6.07) is 0.227. The summed E-state index contributed by atoms with van der Waals surface area (Å²) >= 11 is 0. The Balaban J connectivity index is 2.44. The third kappa shape index (κ3) is 4.58. The number of nitrogens with one attached hydrogen (secondary N) is 2. The van der Waals surface area contributed by atoms with Crippen molar-refractivity contribution in [2.75, 3.05) is 13.2 Å². The quantitative estimate of drug-likeness (QED) is 0.787. The zero-order valence-corrected chi connectivity index (χ0v) is 12.4. The zero-order valence-electron chi connectivity index (χ0n) is 12.4. The Morgan fingerprint density at radius 3 is 2.72 bits per heavy atom. The van der Waals surface area contributed by atoms with Gasteiger partial charge in [0.1, 0.15) is 0 Å². The molecule has 0 radical (unpaired) electrons. The number of carbonyl (C=O) groups excluding carboxylic acids is 1. The van der Waals surface area contributed by atoms with Gasteiger partial charge in [-0.05, 0) is 39.5 Å². The van der Waals surface area contributed by atoms with Crippen molar-refractivity contribution in [2.24, 2.45) is 5.92 Å². The van der Waals surface area contributed by atoms with E-state index in [0.29, 0.717) is 12.0 Å². The fraction of sp³-hybridized carbons (Fsp3) is 0.929. The Morgan fingerprint density at radius 1 is 1.50 bits per heavy atom. The highest BCUT2D eigenvalue weighted by molar-refractivity contribution is 5.82. The van der Waals surface area contributed by atoms with E-state index in [1.165, 1.54) is 0 Å². The molecule has 1 aliphatic rings. The minimum Gasteiger partial charge on any atom is -0.381 e. The maximum Gasteiger partial charge on any atom is 0.237 e. The molecule has 3 unspecified atom stereocenters. The Bertz CT molecular complexity index is 279. The number of ether oxygens (including phenoxy) is 1. The highest BCUT2D eigenvalue weighted by Gasteiger charge is 2.27. The first-order chi connectivity index (χ1) is 8.35. The smallest absolute Gasteiger partial charge is 0.237 e. The molecule has 3 atom stereocenters. The molecule has 18 heavy (non-hydrogen) atoms. The molecule has 1 heterocycles. The largest absolute Gasteiger partial charge is 0.381 e. The first-order valence-electron chi connectivity index (χ1n) is 7.01. The molecule has 0 saturated carbocycles. The average molecular weight is 256 g/mol. The molecule has 4 heteroatoms. The number of hydrogen-bond donors (Lipinski definition) is 2. The Morgan fingerprint density at radius 2 is 2.17 bits per heavy atom. The van der Waals surface area contributed by atoms with E-state index in [9.17, 15) is 4.79 Å². The van der Waals surface area contributed by atoms with Gasteiger partial charge in [-0.3, -0.25) is 4.79 Å². The molecule has 1 fully saturated rings. The maximum atomic E-state index is 12.1. The molecule has 0 bridgehead atoms. The maximum absolute atomic E-state index is 12.1. The van der Waals surface area contributed by atoms with E-state index in [0.717, 1.165) is 26.1 Å². The molecule has 1 amide bonds. The van der Waals surface area contributed by atoms with E-state index in [2.05, 4.69) is 38.3 Å². The molecule has 1 saturated heterocycles. The molecule has 1 rings (SSSR count). The van der Waals surface area contributed by atoms with E-state index < -0.39 is 0 Å². The zero-order chi connectivity index (χ0) is 13.8. The third-order valence-electron chi connectivity index (χ3n) is 3.84. The van der Waals surface area contributed by atoms with Crippen LogP contribution in [0.4, 0.5) is 0 Å². The predicted molar refractivity (Wildman–Crippen MR) is 73.5 cm³/mol. The fourth-order valence-electron chi connectivity index (χ4n) is 2.05. The molecule has 0 aliphatic carbocycles. The van der Waals surface area contributed by atoms with Crippen LogP contribution in [0.2, 0.25) is 0 Å². The highest BCUT2D eigenvalue weighted by Crippen LogP contribution is 2.15. The summed E-state index contributed by atoms with van der Waals surface area (Å²) in [5, 5.41) is 6.50. The van der Waals surface area contributed by atoms with Crippen LogP contribution >= 0.6 is 0 Å². The number of hydrogen-bond acceptors (Lipinski definition) is 3. The van der Waals surface area contributed by atoms with Crippen molar-refractivity contribution >= 4 is 5.91 Å². The van der Waals surface area contributed by atoms with Crippen molar-refractivity contribution in [2.45, 2.75) is 65.1 Å². The standard InChI is InChI=1S/C14H28N2O2/c1-6-14(4,5)16-13(17)11(3)15-12-7-8-18-9-10(12)2/h10-12,15H,6-9H2,1-5H3,(H,16,17). The lowest BCUT2D eigenvalue weighted by atomic mass is 9.96. The Kier molecular flexibility index (Phi) is 5.60. The van der Waals surface area contributed by atoms with Gasteiger partial charge in [-0.2, -0.15) is 0 Å². The number of carbonyl (C=O) groups is 1. The lowest BCUT2D eigenvalue weighted by Crippen LogP contribution is -2.54. The van der Waals surface area contributed by atoms with Gasteiger partial charge in [0.05, 0.1) is 12.6 Å². The highest BCUT2D eigenvalue weighted by atomic mass is 16.5. The summed E-state index contributed by atoms with van der Waals surface area (Å²) in [6.45, 7) is 11.9. The third-order valence-corrected chi connectivity index (χ3v) is 3.84. The fourth-order valence-corrected chi connectivity index (χ4v) is 2.05. The minimum atomic E-state index is -0.152. The number of amides is 1. The van der Waals surface area contributed by atoms with E-state index in [-0.39, 0.29) is 17.5 Å². The Hall–Kier alpha value is -0.610. The SMILES string of the molecule is CCC(C)(C)NC(=O)C(C)NC1CCOCC1C. The molecule has 4 nitrogen and oxygen atoms in total. The molecule has 0 aromatic rings. The van der Waals surface area contributed by atoms with Crippen molar-refractivity contribution < 1.29 is 9.53 Å². The van der Waals surface area contributed by atoms with Crippen LogP contribution in [0, 0.1) is 5.92 Å². The van der Waals surface area contributed by atoms with Gasteiger partial charge in [0.25, 0.3) is 0 Å². The van der Waals surface area contributed by atoms with Crippen molar-refractivity contribution in [1.29, 1.82) is 0 Å². The summed E-state index contributed by atoms with van der Waals surface area (Å²) in [7, 11) is 0. The van der Waals surface area contributed by atoms with Crippen molar-refractivity contribution in [3.8, 4) is 0 Å². The van der Waals surface area contributed by atoms with Crippen molar-refractivity contribution in [3.05, 3.63) is 0 Å². The molecular weight excluding hydrogens is 228 g/mol. The van der Waals surface area contributed by atoms with Crippen LogP contribution in [-0.2, 0) is 9.53 Å². The first-order valence-corrected chi connectivity index (χ1v) is 7.01. The Labute approximate surface area is 111 Å². The lowest BCUT2D eigenvalue weighted by Gasteiger charge is -2.33. The van der Waals surface area contributed by atoms with Gasteiger partial charge in [-0.25, -0.2) is 0 Å². The van der Waals surface area contributed by atoms with Crippen LogP contribution in [0.3, 0.4) is 0 Å². The summed E-state index contributed by atoms with van der Waals surface area (Å²) in [5.41, 5.74) is -0.131. The molecule has 0 aromatic heterocycles. The predicted octanol–water partition coefficient (Wildman–Crippen LogP) is 1.69. The normalized spacial score (nSPS) is 26.7.